The number of benzene rings is 1. The van der Waals surface area contributed by atoms with E-state index < -0.39 is 0 Å². The van der Waals surface area contributed by atoms with Crippen molar-refractivity contribution in [1.82, 2.24) is 29.5 Å². The molecule has 1 aromatic carbocycles. The van der Waals surface area contributed by atoms with Crippen LogP contribution in [0.1, 0.15) is 29.1 Å². The van der Waals surface area contributed by atoms with Crippen LogP contribution in [0.5, 0.6) is 0 Å². The number of aromatic nitrogens is 6. The standard InChI is InChI=1S/C19H16N6OS2/c26-16-15-10-5-1-4-8-13(10)28-17(15)22-14(21-16)9-27-19-24-23-18-20-11-6-2-3-7-12(11)25(18)19/h2-3,6-7H,1,4-5,8-9H2,(H,20,23)(H,21,22,26). The first-order valence-corrected chi connectivity index (χ1v) is 11.1. The van der Waals surface area contributed by atoms with Gasteiger partial charge in [-0.1, -0.05) is 23.9 Å². The summed E-state index contributed by atoms with van der Waals surface area (Å²) in [4.78, 5) is 27.2. The van der Waals surface area contributed by atoms with Crippen LogP contribution in [0.2, 0.25) is 0 Å². The van der Waals surface area contributed by atoms with Crippen molar-refractivity contribution in [3.8, 4) is 0 Å². The van der Waals surface area contributed by atoms with E-state index >= 15 is 0 Å². The summed E-state index contributed by atoms with van der Waals surface area (Å²) in [6.07, 6.45) is 4.42. The molecule has 28 heavy (non-hydrogen) atoms. The van der Waals surface area contributed by atoms with Gasteiger partial charge in [0, 0.05) is 4.88 Å². The molecule has 5 aromatic rings. The normalized spacial score (nSPS) is 14.3. The van der Waals surface area contributed by atoms with E-state index in [1.54, 1.807) is 11.3 Å². The number of nitrogens with zero attached hydrogens (tertiary/aromatic N) is 4. The summed E-state index contributed by atoms with van der Waals surface area (Å²) >= 11 is 3.21. The number of rotatable bonds is 3. The van der Waals surface area contributed by atoms with Crippen LogP contribution in [0.15, 0.2) is 34.2 Å². The average molecular weight is 409 g/mol. The zero-order valence-electron chi connectivity index (χ0n) is 14.9. The minimum atomic E-state index is -0.0137. The van der Waals surface area contributed by atoms with Gasteiger partial charge >= 0.3 is 0 Å². The molecule has 0 spiro atoms. The Morgan fingerprint density at radius 1 is 1.18 bits per heavy atom. The number of thioether (sulfide) groups is 1. The Morgan fingerprint density at radius 3 is 3.04 bits per heavy atom. The minimum Gasteiger partial charge on any atom is -0.309 e. The lowest BCUT2D eigenvalue weighted by Crippen LogP contribution is -2.12. The molecule has 7 nitrogen and oxygen atoms in total. The Morgan fingerprint density at radius 2 is 2.07 bits per heavy atom. The zero-order chi connectivity index (χ0) is 18.7. The fraction of sp³-hybridized carbons (Fsp3) is 0.263. The molecule has 6 rings (SSSR count). The van der Waals surface area contributed by atoms with E-state index in [2.05, 4.69) is 20.2 Å². The number of thiophene rings is 1. The first kappa shape index (κ1) is 16.3. The van der Waals surface area contributed by atoms with Gasteiger partial charge in [0.25, 0.3) is 5.56 Å². The van der Waals surface area contributed by atoms with E-state index in [-0.39, 0.29) is 5.56 Å². The Kier molecular flexibility index (Phi) is 3.60. The third-order valence-electron chi connectivity index (χ3n) is 5.22. The number of para-hydroxylation sites is 2. The molecule has 0 atom stereocenters. The van der Waals surface area contributed by atoms with Gasteiger partial charge in [-0.3, -0.25) is 9.20 Å². The number of H-pyrrole nitrogens is 2. The van der Waals surface area contributed by atoms with E-state index in [1.807, 2.05) is 28.7 Å². The molecule has 1 aliphatic carbocycles. The molecule has 0 amide bonds. The molecule has 4 heterocycles. The largest absolute Gasteiger partial charge is 0.309 e. The maximum absolute atomic E-state index is 12.7. The summed E-state index contributed by atoms with van der Waals surface area (Å²) in [7, 11) is 0. The summed E-state index contributed by atoms with van der Waals surface area (Å²) in [6.45, 7) is 0. The highest BCUT2D eigenvalue weighted by Gasteiger charge is 2.20. The van der Waals surface area contributed by atoms with Gasteiger partial charge in [-0.2, -0.15) is 0 Å². The molecule has 0 aliphatic heterocycles. The SMILES string of the molecule is O=c1[nH]c(CSc2n[nH]c3nc4ccccc4n23)nc2sc3c(c12)CCCC3. The van der Waals surface area contributed by atoms with Crippen molar-refractivity contribution < 1.29 is 0 Å². The summed E-state index contributed by atoms with van der Waals surface area (Å²) in [6, 6.07) is 7.97. The van der Waals surface area contributed by atoms with Crippen LogP contribution >= 0.6 is 23.1 Å². The van der Waals surface area contributed by atoms with Gasteiger partial charge in [-0.25, -0.2) is 15.1 Å². The third kappa shape index (κ3) is 2.43. The summed E-state index contributed by atoms with van der Waals surface area (Å²) in [5, 5.41) is 8.96. The van der Waals surface area contributed by atoms with E-state index in [9.17, 15) is 4.79 Å². The fourth-order valence-electron chi connectivity index (χ4n) is 3.95. The lowest BCUT2D eigenvalue weighted by atomic mass is 9.97. The van der Waals surface area contributed by atoms with E-state index in [1.165, 1.54) is 28.6 Å². The molecule has 140 valence electrons. The number of hydrogen-bond donors (Lipinski definition) is 2. The van der Waals surface area contributed by atoms with Crippen molar-refractivity contribution in [2.24, 2.45) is 0 Å². The first-order valence-electron chi connectivity index (χ1n) is 9.26. The van der Waals surface area contributed by atoms with Crippen molar-refractivity contribution >= 4 is 50.1 Å². The van der Waals surface area contributed by atoms with Gasteiger partial charge in [0.2, 0.25) is 5.78 Å². The maximum Gasteiger partial charge on any atom is 0.259 e. The Bertz CT molecular complexity index is 1410. The summed E-state index contributed by atoms with van der Waals surface area (Å²) in [5.41, 5.74) is 3.14. The van der Waals surface area contributed by atoms with Crippen molar-refractivity contribution in [1.29, 1.82) is 0 Å². The topological polar surface area (TPSA) is 91.7 Å². The quantitative estimate of drug-likeness (QED) is 0.444. The second-order valence-corrected chi connectivity index (χ2v) is 8.98. The molecule has 0 saturated carbocycles. The second-order valence-electron chi connectivity index (χ2n) is 6.96. The summed E-state index contributed by atoms with van der Waals surface area (Å²) < 4.78 is 2.00. The molecule has 0 radical (unpaired) electrons. The summed E-state index contributed by atoms with van der Waals surface area (Å²) in [5.74, 6) is 1.94. The van der Waals surface area contributed by atoms with Crippen molar-refractivity contribution in [3.63, 3.8) is 0 Å². The number of aryl methyl sites for hydroxylation is 2. The predicted molar refractivity (Wildman–Crippen MR) is 111 cm³/mol. The van der Waals surface area contributed by atoms with Crippen LogP contribution in [0.4, 0.5) is 0 Å². The van der Waals surface area contributed by atoms with Crippen LogP contribution in [0.3, 0.4) is 0 Å². The van der Waals surface area contributed by atoms with Crippen molar-refractivity contribution in [2.45, 2.75) is 36.6 Å². The van der Waals surface area contributed by atoms with Gasteiger partial charge in [0.05, 0.1) is 22.2 Å². The highest BCUT2D eigenvalue weighted by Crippen LogP contribution is 2.34. The number of nitrogens with one attached hydrogen (secondary N) is 2. The average Bonchev–Trinajstić information content (AvgIpc) is 3.37. The number of imidazole rings is 1. The molecule has 4 aromatic heterocycles. The maximum atomic E-state index is 12.7. The second kappa shape index (κ2) is 6.18. The first-order chi connectivity index (χ1) is 13.8. The van der Waals surface area contributed by atoms with E-state index in [4.69, 9.17) is 4.98 Å². The Hall–Kier alpha value is -2.65. The van der Waals surface area contributed by atoms with Gasteiger partial charge in [0.1, 0.15) is 10.7 Å². The lowest BCUT2D eigenvalue weighted by Gasteiger charge is -2.09. The predicted octanol–water partition coefficient (Wildman–Crippen LogP) is 3.68. The minimum absolute atomic E-state index is 0.0137. The molecule has 2 N–H and O–H groups in total. The van der Waals surface area contributed by atoms with Gasteiger partial charge in [0.15, 0.2) is 5.16 Å². The van der Waals surface area contributed by atoms with Crippen molar-refractivity contribution in [2.75, 3.05) is 0 Å². The van der Waals surface area contributed by atoms with Gasteiger partial charge in [-0.05, 0) is 43.4 Å². The van der Waals surface area contributed by atoms with Crippen molar-refractivity contribution in [3.05, 3.63) is 50.9 Å². The molecule has 0 unspecified atom stereocenters. The number of aromatic amines is 2. The molecule has 0 fully saturated rings. The van der Waals surface area contributed by atoms with E-state index in [0.29, 0.717) is 17.4 Å². The number of fused-ring (bicyclic) bond motifs is 6. The highest BCUT2D eigenvalue weighted by atomic mass is 32.2. The smallest absolute Gasteiger partial charge is 0.259 e. The molecular formula is C19H16N6OS2. The van der Waals surface area contributed by atoms with Crippen LogP contribution in [0, 0.1) is 0 Å². The van der Waals surface area contributed by atoms with Crippen LogP contribution in [-0.2, 0) is 18.6 Å². The van der Waals surface area contributed by atoms with E-state index in [0.717, 1.165) is 45.7 Å². The molecular weight excluding hydrogens is 392 g/mol. The molecule has 9 heteroatoms. The zero-order valence-corrected chi connectivity index (χ0v) is 16.5. The monoisotopic (exact) mass is 408 g/mol. The molecule has 0 saturated heterocycles. The van der Waals surface area contributed by atoms with Gasteiger partial charge < -0.3 is 4.98 Å². The van der Waals surface area contributed by atoms with Crippen LogP contribution in [-0.4, -0.2) is 29.5 Å². The highest BCUT2D eigenvalue weighted by molar-refractivity contribution is 7.98. The third-order valence-corrected chi connectivity index (χ3v) is 7.35. The molecule has 1 aliphatic rings. The molecule has 0 bridgehead atoms. The van der Waals surface area contributed by atoms with Gasteiger partial charge in [-0.15, -0.1) is 16.4 Å². The van der Waals surface area contributed by atoms with Crippen LogP contribution in [0.25, 0.3) is 27.0 Å². The number of hydrogen-bond acceptors (Lipinski definition) is 6. The Labute approximate surface area is 167 Å². The fourth-order valence-corrected chi connectivity index (χ4v) is 6.06. The Balaban J connectivity index is 1.36. The van der Waals surface area contributed by atoms with Crippen LogP contribution < -0.4 is 5.56 Å². The lowest BCUT2D eigenvalue weighted by molar-refractivity contribution is 0.700.